The largest absolute Gasteiger partial charge is 0.392 e. The Morgan fingerprint density at radius 3 is 2.14 bits per heavy atom. The molecule has 0 fully saturated rings. The third-order valence-corrected chi connectivity index (χ3v) is 4.37. The molecule has 1 rings (SSSR count). The standard InChI is InChI=1S/C15H26N2O3S/c1-15(2,12-17(3)4)11-16-21(19,20)10-14-7-5-13(9-18)6-8-14/h5-8,16,18H,9-12H2,1-4H3. The Bertz CT molecular complexity index is 537. The summed E-state index contributed by atoms with van der Waals surface area (Å²) in [4.78, 5) is 2.04. The summed E-state index contributed by atoms with van der Waals surface area (Å²) in [6.45, 7) is 5.24. The van der Waals surface area contributed by atoms with Gasteiger partial charge < -0.3 is 10.0 Å². The molecule has 1 aromatic rings. The van der Waals surface area contributed by atoms with E-state index in [2.05, 4.69) is 4.72 Å². The van der Waals surface area contributed by atoms with E-state index < -0.39 is 10.0 Å². The highest BCUT2D eigenvalue weighted by atomic mass is 32.2. The van der Waals surface area contributed by atoms with Gasteiger partial charge >= 0.3 is 0 Å². The molecule has 0 amide bonds. The van der Waals surface area contributed by atoms with Crippen molar-refractivity contribution >= 4 is 10.0 Å². The SMILES string of the molecule is CN(C)CC(C)(C)CNS(=O)(=O)Cc1ccc(CO)cc1. The van der Waals surface area contributed by atoms with E-state index in [-0.39, 0.29) is 17.8 Å². The Balaban J connectivity index is 2.61. The smallest absolute Gasteiger partial charge is 0.215 e. The fourth-order valence-electron chi connectivity index (χ4n) is 2.23. The van der Waals surface area contributed by atoms with Crippen LogP contribution in [0.15, 0.2) is 24.3 Å². The average Bonchev–Trinajstić information content (AvgIpc) is 2.36. The van der Waals surface area contributed by atoms with Gasteiger partial charge in [0.1, 0.15) is 0 Å². The van der Waals surface area contributed by atoms with E-state index >= 15 is 0 Å². The lowest BCUT2D eigenvalue weighted by atomic mass is 9.93. The van der Waals surface area contributed by atoms with Crippen LogP contribution in [0.4, 0.5) is 0 Å². The number of rotatable bonds is 8. The van der Waals surface area contributed by atoms with Crippen LogP contribution in [-0.4, -0.2) is 45.6 Å². The Morgan fingerprint density at radius 1 is 1.14 bits per heavy atom. The van der Waals surface area contributed by atoms with Gasteiger partial charge in [-0.05, 0) is 30.6 Å². The lowest BCUT2D eigenvalue weighted by molar-refractivity contribution is 0.242. The van der Waals surface area contributed by atoms with Crippen LogP contribution in [0.1, 0.15) is 25.0 Å². The molecule has 0 radical (unpaired) electrons. The Morgan fingerprint density at radius 2 is 1.67 bits per heavy atom. The van der Waals surface area contributed by atoms with E-state index in [0.717, 1.165) is 12.1 Å². The summed E-state index contributed by atoms with van der Waals surface area (Å²) in [5.74, 6) is -0.0449. The van der Waals surface area contributed by atoms with E-state index in [4.69, 9.17) is 5.11 Å². The summed E-state index contributed by atoms with van der Waals surface area (Å²) in [6, 6.07) is 6.94. The predicted molar refractivity (Wildman–Crippen MR) is 85.3 cm³/mol. The molecule has 0 aliphatic heterocycles. The molecule has 0 unspecified atom stereocenters. The Kier molecular flexibility index (Phi) is 6.34. The first-order valence-corrected chi connectivity index (χ1v) is 8.59. The van der Waals surface area contributed by atoms with Gasteiger partial charge in [0.05, 0.1) is 12.4 Å². The highest BCUT2D eigenvalue weighted by Crippen LogP contribution is 2.15. The molecule has 0 bridgehead atoms. The molecule has 21 heavy (non-hydrogen) atoms. The van der Waals surface area contributed by atoms with Crippen LogP contribution in [0.2, 0.25) is 0 Å². The maximum Gasteiger partial charge on any atom is 0.215 e. The lowest BCUT2D eigenvalue weighted by Crippen LogP contribution is -2.40. The topological polar surface area (TPSA) is 69.6 Å². The average molecular weight is 314 g/mol. The molecular formula is C15H26N2O3S. The van der Waals surface area contributed by atoms with Crippen molar-refractivity contribution in [3.05, 3.63) is 35.4 Å². The monoisotopic (exact) mass is 314 g/mol. The van der Waals surface area contributed by atoms with Crippen LogP contribution >= 0.6 is 0 Å². The molecule has 0 saturated carbocycles. The second-order valence-electron chi connectivity index (χ2n) is 6.46. The van der Waals surface area contributed by atoms with Crippen molar-refractivity contribution in [2.24, 2.45) is 5.41 Å². The molecule has 0 atom stereocenters. The second kappa shape index (κ2) is 7.35. The molecular weight excluding hydrogens is 288 g/mol. The number of benzene rings is 1. The molecule has 2 N–H and O–H groups in total. The van der Waals surface area contributed by atoms with Crippen molar-refractivity contribution in [3.63, 3.8) is 0 Å². The molecule has 0 aliphatic carbocycles. The van der Waals surface area contributed by atoms with Gasteiger partial charge in [0.15, 0.2) is 0 Å². The number of hydrogen-bond acceptors (Lipinski definition) is 4. The number of aliphatic hydroxyl groups excluding tert-OH is 1. The fraction of sp³-hybridized carbons (Fsp3) is 0.600. The Labute approximate surface area is 128 Å². The van der Waals surface area contributed by atoms with Crippen LogP contribution < -0.4 is 4.72 Å². The quantitative estimate of drug-likeness (QED) is 0.756. The van der Waals surface area contributed by atoms with Gasteiger partial charge in [-0.3, -0.25) is 0 Å². The van der Waals surface area contributed by atoms with Crippen molar-refractivity contribution in [2.75, 3.05) is 27.2 Å². The summed E-state index contributed by atoms with van der Waals surface area (Å²) in [7, 11) is 0.588. The zero-order valence-electron chi connectivity index (χ0n) is 13.3. The number of sulfonamides is 1. The highest BCUT2D eigenvalue weighted by molar-refractivity contribution is 7.88. The number of hydrogen-bond donors (Lipinski definition) is 2. The summed E-state index contributed by atoms with van der Waals surface area (Å²) >= 11 is 0. The summed E-state index contributed by atoms with van der Waals surface area (Å²) < 4.78 is 26.9. The molecule has 0 heterocycles. The maximum atomic E-state index is 12.1. The van der Waals surface area contributed by atoms with Gasteiger partial charge in [0.25, 0.3) is 0 Å². The van der Waals surface area contributed by atoms with Crippen molar-refractivity contribution in [3.8, 4) is 0 Å². The first-order chi connectivity index (χ1) is 9.63. The highest BCUT2D eigenvalue weighted by Gasteiger charge is 2.22. The third-order valence-electron chi connectivity index (χ3n) is 3.08. The molecule has 0 saturated heterocycles. The minimum absolute atomic E-state index is 0.0377. The summed E-state index contributed by atoms with van der Waals surface area (Å²) in [5.41, 5.74) is 1.36. The molecule has 1 aromatic carbocycles. The molecule has 0 aromatic heterocycles. The molecule has 120 valence electrons. The van der Waals surface area contributed by atoms with Crippen molar-refractivity contribution in [1.82, 2.24) is 9.62 Å². The Hall–Kier alpha value is -0.950. The lowest BCUT2D eigenvalue weighted by Gasteiger charge is -2.28. The maximum absolute atomic E-state index is 12.1. The summed E-state index contributed by atoms with van der Waals surface area (Å²) in [5, 5.41) is 8.97. The van der Waals surface area contributed by atoms with Crippen molar-refractivity contribution in [1.29, 1.82) is 0 Å². The van der Waals surface area contributed by atoms with Gasteiger partial charge in [0, 0.05) is 13.1 Å². The first-order valence-electron chi connectivity index (χ1n) is 6.94. The molecule has 0 aliphatic rings. The van der Waals surface area contributed by atoms with Crippen LogP contribution in [0.5, 0.6) is 0 Å². The van der Waals surface area contributed by atoms with E-state index in [1.54, 1.807) is 24.3 Å². The first kappa shape index (κ1) is 18.1. The van der Waals surface area contributed by atoms with Gasteiger partial charge in [-0.2, -0.15) is 0 Å². The van der Waals surface area contributed by atoms with Crippen LogP contribution in [-0.2, 0) is 22.4 Å². The second-order valence-corrected chi connectivity index (χ2v) is 8.26. The third kappa shape index (κ3) is 7.04. The van der Waals surface area contributed by atoms with E-state index in [1.807, 2.05) is 32.8 Å². The minimum atomic E-state index is -3.35. The number of nitrogens with zero attached hydrogens (tertiary/aromatic N) is 1. The zero-order valence-corrected chi connectivity index (χ0v) is 14.1. The van der Waals surface area contributed by atoms with Gasteiger partial charge in [-0.25, -0.2) is 13.1 Å². The molecule has 0 spiro atoms. The van der Waals surface area contributed by atoms with Gasteiger partial charge in [0.2, 0.25) is 10.0 Å². The number of aliphatic hydroxyl groups is 1. The normalized spacial score (nSPS) is 12.9. The fourth-order valence-corrected chi connectivity index (χ4v) is 3.57. The van der Waals surface area contributed by atoms with E-state index in [0.29, 0.717) is 12.1 Å². The van der Waals surface area contributed by atoms with E-state index in [1.165, 1.54) is 0 Å². The molecule has 6 heteroatoms. The van der Waals surface area contributed by atoms with Crippen molar-refractivity contribution < 1.29 is 13.5 Å². The number of nitrogens with one attached hydrogen (secondary N) is 1. The van der Waals surface area contributed by atoms with Crippen molar-refractivity contribution in [2.45, 2.75) is 26.2 Å². The summed E-state index contributed by atoms with van der Waals surface area (Å²) in [6.07, 6.45) is 0. The van der Waals surface area contributed by atoms with Gasteiger partial charge in [-0.15, -0.1) is 0 Å². The van der Waals surface area contributed by atoms with Crippen LogP contribution in [0, 0.1) is 5.41 Å². The predicted octanol–water partition coefficient (Wildman–Crippen LogP) is 1.19. The van der Waals surface area contributed by atoms with Crippen LogP contribution in [0.3, 0.4) is 0 Å². The minimum Gasteiger partial charge on any atom is -0.392 e. The molecule has 5 nitrogen and oxygen atoms in total. The van der Waals surface area contributed by atoms with Gasteiger partial charge in [-0.1, -0.05) is 38.1 Å². The van der Waals surface area contributed by atoms with Crippen LogP contribution in [0.25, 0.3) is 0 Å². The van der Waals surface area contributed by atoms with E-state index in [9.17, 15) is 8.42 Å². The zero-order chi connectivity index (χ0) is 16.1.